The quantitative estimate of drug-likeness (QED) is 0.791. The first-order valence-electron chi connectivity index (χ1n) is 4.92. The summed E-state index contributed by atoms with van der Waals surface area (Å²) in [7, 11) is 1.75. The standard InChI is InChI=1S/C12H9FN4/c1-17(12-15-7-10(13)8-16-12)11-4-2-3-9(5-11)6-14/h2-5,7-8H,1H3. The number of aromatic nitrogens is 2. The van der Waals surface area contributed by atoms with E-state index in [0.717, 1.165) is 18.1 Å². The molecule has 4 nitrogen and oxygen atoms in total. The van der Waals surface area contributed by atoms with Crippen LogP contribution in [0.1, 0.15) is 5.56 Å². The third kappa shape index (κ3) is 2.37. The Balaban J connectivity index is 2.33. The summed E-state index contributed by atoms with van der Waals surface area (Å²) in [6.45, 7) is 0. The molecule has 0 saturated carbocycles. The van der Waals surface area contributed by atoms with Gasteiger partial charge in [0, 0.05) is 12.7 Å². The first-order chi connectivity index (χ1) is 8.20. The maximum Gasteiger partial charge on any atom is 0.229 e. The molecule has 0 saturated heterocycles. The van der Waals surface area contributed by atoms with E-state index in [4.69, 9.17) is 5.26 Å². The highest BCUT2D eigenvalue weighted by molar-refractivity contribution is 5.58. The van der Waals surface area contributed by atoms with Crippen LogP contribution in [0.3, 0.4) is 0 Å². The minimum Gasteiger partial charge on any atom is -0.314 e. The minimum atomic E-state index is -0.479. The molecule has 2 aromatic rings. The predicted octanol–water partition coefficient (Wildman–Crippen LogP) is 2.26. The molecule has 0 aliphatic rings. The molecule has 0 spiro atoms. The summed E-state index contributed by atoms with van der Waals surface area (Å²) in [5.74, 6) is -0.102. The molecule has 0 aliphatic carbocycles. The number of hydrogen-bond donors (Lipinski definition) is 0. The van der Waals surface area contributed by atoms with E-state index in [9.17, 15) is 4.39 Å². The van der Waals surface area contributed by atoms with Crippen LogP contribution >= 0.6 is 0 Å². The number of benzene rings is 1. The van der Waals surface area contributed by atoms with Gasteiger partial charge in [-0.05, 0) is 18.2 Å². The number of rotatable bonds is 2. The van der Waals surface area contributed by atoms with Gasteiger partial charge in [0.25, 0.3) is 0 Å². The molecule has 0 N–H and O–H groups in total. The van der Waals surface area contributed by atoms with Gasteiger partial charge in [-0.15, -0.1) is 0 Å². The summed E-state index contributed by atoms with van der Waals surface area (Å²) < 4.78 is 12.7. The Labute approximate surface area is 98.0 Å². The zero-order valence-electron chi connectivity index (χ0n) is 9.13. The van der Waals surface area contributed by atoms with Gasteiger partial charge in [0.2, 0.25) is 5.95 Å². The zero-order chi connectivity index (χ0) is 12.3. The summed E-state index contributed by atoms with van der Waals surface area (Å²) in [4.78, 5) is 9.41. The second-order valence-corrected chi connectivity index (χ2v) is 3.42. The smallest absolute Gasteiger partial charge is 0.229 e. The van der Waals surface area contributed by atoms with Crippen LogP contribution in [0.15, 0.2) is 36.7 Å². The lowest BCUT2D eigenvalue weighted by Crippen LogP contribution is -2.13. The minimum absolute atomic E-state index is 0.376. The third-order valence-electron chi connectivity index (χ3n) is 2.27. The predicted molar refractivity (Wildman–Crippen MR) is 61.2 cm³/mol. The van der Waals surface area contributed by atoms with Crippen LogP contribution in [0, 0.1) is 17.1 Å². The fourth-order valence-corrected chi connectivity index (χ4v) is 1.38. The van der Waals surface area contributed by atoms with Gasteiger partial charge < -0.3 is 4.90 Å². The van der Waals surface area contributed by atoms with Crippen molar-refractivity contribution in [1.29, 1.82) is 5.26 Å². The topological polar surface area (TPSA) is 52.8 Å². The van der Waals surface area contributed by atoms with Gasteiger partial charge in [0.1, 0.15) is 0 Å². The average molecular weight is 228 g/mol. The van der Waals surface area contributed by atoms with E-state index in [1.807, 2.05) is 6.07 Å². The molecule has 84 valence electrons. The van der Waals surface area contributed by atoms with Crippen molar-refractivity contribution in [2.45, 2.75) is 0 Å². The summed E-state index contributed by atoms with van der Waals surface area (Å²) in [5.41, 5.74) is 1.33. The van der Waals surface area contributed by atoms with Crippen molar-refractivity contribution in [3.8, 4) is 6.07 Å². The molecule has 0 aliphatic heterocycles. The third-order valence-corrected chi connectivity index (χ3v) is 2.27. The van der Waals surface area contributed by atoms with Crippen LogP contribution in [-0.2, 0) is 0 Å². The Morgan fingerprint density at radius 1 is 1.29 bits per heavy atom. The summed E-state index contributed by atoms with van der Waals surface area (Å²) >= 11 is 0. The van der Waals surface area contributed by atoms with Gasteiger partial charge in [-0.2, -0.15) is 5.26 Å². The lowest BCUT2D eigenvalue weighted by atomic mass is 10.2. The molecule has 1 aromatic carbocycles. The van der Waals surface area contributed by atoms with Crippen molar-refractivity contribution >= 4 is 11.6 Å². The molecular formula is C12H9FN4. The van der Waals surface area contributed by atoms with Crippen molar-refractivity contribution in [2.24, 2.45) is 0 Å². The highest BCUT2D eigenvalue weighted by Gasteiger charge is 2.07. The van der Waals surface area contributed by atoms with E-state index in [0.29, 0.717) is 11.5 Å². The van der Waals surface area contributed by atoms with Crippen molar-refractivity contribution in [3.63, 3.8) is 0 Å². The van der Waals surface area contributed by atoms with Crippen molar-refractivity contribution in [3.05, 3.63) is 48.0 Å². The molecule has 2 rings (SSSR count). The van der Waals surface area contributed by atoms with Crippen LogP contribution in [0.4, 0.5) is 16.0 Å². The van der Waals surface area contributed by atoms with E-state index < -0.39 is 5.82 Å². The van der Waals surface area contributed by atoms with E-state index in [-0.39, 0.29) is 0 Å². The number of nitrogens with zero attached hydrogens (tertiary/aromatic N) is 4. The van der Waals surface area contributed by atoms with Gasteiger partial charge in [-0.1, -0.05) is 6.07 Å². The molecule has 5 heteroatoms. The van der Waals surface area contributed by atoms with Gasteiger partial charge >= 0.3 is 0 Å². The van der Waals surface area contributed by atoms with Gasteiger partial charge in [0.15, 0.2) is 5.82 Å². The monoisotopic (exact) mass is 228 g/mol. The lowest BCUT2D eigenvalue weighted by molar-refractivity contribution is 0.613. The Morgan fingerprint density at radius 3 is 2.65 bits per heavy atom. The van der Waals surface area contributed by atoms with Crippen LogP contribution in [0.2, 0.25) is 0 Å². The summed E-state index contributed by atoms with van der Waals surface area (Å²) in [6, 6.07) is 9.08. The van der Waals surface area contributed by atoms with Gasteiger partial charge in [-0.25, -0.2) is 14.4 Å². The molecule has 0 radical (unpaired) electrons. The Kier molecular flexibility index (Phi) is 2.97. The number of hydrogen-bond acceptors (Lipinski definition) is 4. The van der Waals surface area contributed by atoms with Crippen LogP contribution in [0.5, 0.6) is 0 Å². The fraction of sp³-hybridized carbons (Fsp3) is 0.0833. The highest BCUT2D eigenvalue weighted by Crippen LogP contribution is 2.20. The molecule has 0 unspecified atom stereocenters. The molecule has 0 fully saturated rings. The largest absolute Gasteiger partial charge is 0.314 e. The molecule has 0 atom stereocenters. The fourth-order valence-electron chi connectivity index (χ4n) is 1.38. The van der Waals surface area contributed by atoms with Crippen LogP contribution in [-0.4, -0.2) is 17.0 Å². The molecule has 0 bridgehead atoms. The normalized spacial score (nSPS) is 9.71. The van der Waals surface area contributed by atoms with Gasteiger partial charge in [0.05, 0.1) is 24.0 Å². The van der Waals surface area contributed by atoms with E-state index in [2.05, 4.69) is 16.0 Å². The second kappa shape index (κ2) is 4.58. The molecule has 1 aromatic heterocycles. The maximum atomic E-state index is 12.7. The Morgan fingerprint density at radius 2 is 2.00 bits per heavy atom. The Hall–Kier alpha value is -2.48. The SMILES string of the molecule is CN(c1cccc(C#N)c1)c1ncc(F)cn1. The molecule has 17 heavy (non-hydrogen) atoms. The summed E-state index contributed by atoms with van der Waals surface area (Å²) in [5, 5.41) is 8.80. The first-order valence-corrected chi connectivity index (χ1v) is 4.92. The van der Waals surface area contributed by atoms with E-state index in [1.54, 1.807) is 30.1 Å². The van der Waals surface area contributed by atoms with Crippen molar-refractivity contribution in [2.75, 3.05) is 11.9 Å². The average Bonchev–Trinajstić information content (AvgIpc) is 2.39. The molecule has 1 heterocycles. The number of halogens is 1. The van der Waals surface area contributed by atoms with Crippen molar-refractivity contribution in [1.82, 2.24) is 9.97 Å². The molecule has 0 amide bonds. The van der Waals surface area contributed by atoms with Gasteiger partial charge in [-0.3, -0.25) is 0 Å². The summed E-state index contributed by atoms with van der Waals surface area (Å²) in [6.07, 6.45) is 2.21. The molecular weight excluding hydrogens is 219 g/mol. The van der Waals surface area contributed by atoms with E-state index in [1.165, 1.54) is 0 Å². The second-order valence-electron chi connectivity index (χ2n) is 3.42. The number of anilines is 2. The lowest BCUT2D eigenvalue weighted by Gasteiger charge is -2.16. The zero-order valence-corrected chi connectivity index (χ0v) is 9.13. The van der Waals surface area contributed by atoms with E-state index >= 15 is 0 Å². The highest BCUT2D eigenvalue weighted by atomic mass is 19.1. The van der Waals surface area contributed by atoms with Crippen LogP contribution in [0.25, 0.3) is 0 Å². The Bertz CT molecular complexity index is 559. The van der Waals surface area contributed by atoms with Crippen LogP contribution < -0.4 is 4.90 Å². The number of nitriles is 1. The first kappa shape index (κ1) is 11.0. The maximum absolute atomic E-state index is 12.7. The van der Waals surface area contributed by atoms with Crippen molar-refractivity contribution < 1.29 is 4.39 Å².